The topological polar surface area (TPSA) is 56.8 Å². The predicted molar refractivity (Wildman–Crippen MR) is 93.6 cm³/mol. The Morgan fingerprint density at radius 1 is 1.00 bits per heavy atom. The summed E-state index contributed by atoms with van der Waals surface area (Å²) < 4.78 is 15.5. The number of rotatable bonds is 7. The molecule has 128 valence electrons. The summed E-state index contributed by atoms with van der Waals surface area (Å²) >= 11 is 6.19. The first-order chi connectivity index (χ1) is 11.6. The van der Waals surface area contributed by atoms with Crippen molar-refractivity contribution in [2.45, 2.75) is 6.42 Å². The van der Waals surface area contributed by atoms with Crippen molar-refractivity contribution in [2.24, 2.45) is 0 Å². The normalized spacial score (nSPS) is 10.2. The van der Waals surface area contributed by atoms with Gasteiger partial charge in [-0.1, -0.05) is 17.7 Å². The molecular weight excluding hydrogens is 330 g/mol. The summed E-state index contributed by atoms with van der Waals surface area (Å²) in [5.41, 5.74) is 1.46. The lowest BCUT2D eigenvalue weighted by molar-refractivity contribution is 0.0953. The lowest BCUT2D eigenvalue weighted by Gasteiger charge is -2.10. The van der Waals surface area contributed by atoms with Gasteiger partial charge in [0.2, 0.25) is 0 Å². The lowest BCUT2D eigenvalue weighted by atomic mass is 10.1. The minimum atomic E-state index is -0.180. The Labute approximate surface area is 146 Å². The van der Waals surface area contributed by atoms with E-state index >= 15 is 0 Å². The molecule has 5 nitrogen and oxygen atoms in total. The zero-order valence-corrected chi connectivity index (χ0v) is 14.6. The van der Waals surface area contributed by atoms with Gasteiger partial charge in [0.1, 0.15) is 5.75 Å². The SMILES string of the molecule is COc1ccc(CCNC(=O)c2ccc(OC)c(OC)c2)c(Cl)c1. The van der Waals surface area contributed by atoms with E-state index in [0.29, 0.717) is 40.8 Å². The molecule has 24 heavy (non-hydrogen) atoms. The van der Waals surface area contributed by atoms with Gasteiger partial charge in [-0.3, -0.25) is 4.79 Å². The number of hydrogen-bond donors (Lipinski definition) is 1. The number of amides is 1. The maximum absolute atomic E-state index is 12.2. The lowest BCUT2D eigenvalue weighted by Crippen LogP contribution is -2.25. The summed E-state index contributed by atoms with van der Waals surface area (Å²) in [5.74, 6) is 1.63. The van der Waals surface area contributed by atoms with E-state index in [1.807, 2.05) is 12.1 Å². The summed E-state index contributed by atoms with van der Waals surface area (Å²) in [6.07, 6.45) is 0.627. The maximum Gasteiger partial charge on any atom is 0.251 e. The molecule has 0 bridgehead atoms. The zero-order chi connectivity index (χ0) is 17.5. The Bertz CT molecular complexity index is 718. The van der Waals surface area contributed by atoms with Crippen molar-refractivity contribution in [3.63, 3.8) is 0 Å². The molecule has 2 rings (SSSR count). The van der Waals surface area contributed by atoms with Gasteiger partial charge in [-0.05, 0) is 42.3 Å². The van der Waals surface area contributed by atoms with Crippen LogP contribution in [0.3, 0.4) is 0 Å². The number of carbonyl (C=O) groups excluding carboxylic acids is 1. The summed E-state index contributed by atoms with van der Waals surface area (Å²) in [6, 6.07) is 10.5. The zero-order valence-electron chi connectivity index (χ0n) is 13.9. The Morgan fingerprint density at radius 2 is 1.75 bits per heavy atom. The summed E-state index contributed by atoms with van der Waals surface area (Å²) in [7, 11) is 4.68. The number of hydrogen-bond acceptors (Lipinski definition) is 4. The molecule has 0 heterocycles. The largest absolute Gasteiger partial charge is 0.497 e. The molecule has 1 N–H and O–H groups in total. The van der Waals surface area contributed by atoms with Gasteiger partial charge in [0, 0.05) is 17.1 Å². The van der Waals surface area contributed by atoms with E-state index in [1.54, 1.807) is 38.5 Å². The monoisotopic (exact) mass is 349 g/mol. The molecule has 0 spiro atoms. The van der Waals surface area contributed by atoms with Gasteiger partial charge in [-0.2, -0.15) is 0 Å². The molecule has 0 unspecified atom stereocenters. The van der Waals surface area contributed by atoms with E-state index in [4.69, 9.17) is 25.8 Å². The van der Waals surface area contributed by atoms with Gasteiger partial charge in [-0.15, -0.1) is 0 Å². The molecule has 6 heteroatoms. The molecule has 0 atom stereocenters. The van der Waals surface area contributed by atoms with Crippen LogP contribution in [0.15, 0.2) is 36.4 Å². The molecule has 0 saturated heterocycles. The van der Waals surface area contributed by atoms with Gasteiger partial charge in [0.25, 0.3) is 5.91 Å². The number of carbonyl (C=O) groups is 1. The quantitative estimate of drug-likeness (QED) is 0.833. The van der Waals surface area contributed by atoms with Crippen LogP contribution in [-0.4, -0.2) is 33.8 Å². The smallest absolute Gasteiger partial charge is 0.251 e. The minimum absolute atomic E-state index is 0.180. The van der Waals surface area contributed by atoms with Crippen molar-refractivity contribution in [2.75, 3.05) is 27.9 Å². The van der Waals surface area contributed by atoms with Crippen LogP contribution in [0.25, 0.3) is 0 Å². The van der Waals surface area contributed by atoms with E-state index < -0.39 is 0 Å². The Hall–Kier alpha value is -2.40. The highest BCUT2D eigenvalue weighted by Gasteiger charge is 2.11. The van der Waals surface area contributed by atoms with Crippen molar-refractivity contribution in [1.29, 1.82) is 0 Å². The third-order valence-corrected chi connectivity index (χ3v) is 3.94. The van der Waals surface area contributed by atoms with E-state index in [0.717, 1.165) is 5.56 Å². The minimum Gasteiger partial charge on any atom is -0.497 e. The van der Waals surface area contributed by atoms with Crippen LogP contribution in [0.1, 0.15) is 15.9 Å². The van der Waals surface area contributed by atoms with Crippen molar-refractivity contribution in [1.82, 2.24) is 5.32 Å². The second-order valence-corrected chi connectivity index (χ2v) is 5.44. The predicted octanol–water partition coefficient (Wildman–Crippen LogP) is 3.34. The number of ether oxygens (including phenoxy) is 3. The van der Waals surface area contributed by atoms with E-state index in [1.165, 1.54) is 7.11 Å². The molecule has 0 radical (unpaired) electrons. The molecule has 0 aliphatic rings. The molecule has 0 aromatic heterocycles. The Balaban J connectivity index is 1.96. The van der Waals surface area contributed by atoms with Crippen LogP contribution in [0.5, 0.6) is 17.2 Å². The van der Waals surface area contributed by atoms with Gasteiger partial charge in [0.15, 0.2) is 11.5 Å². The van der Waals surface area contributed by atoms with Gasteiger partial charge in [-0.25, -0.2) is 0 Å². The number of halogens is 1. The molecule has 2 aromatic carbocycles. The second kappa shape index (κ2) is 8.45. The van der Waals surface area contributed by atoms with Crippen LogP contribution >= 0.6 is 11.6 Å². The Kier molecular flexibility index (Phi) is 6.32. The first kappa shape index (κ1) is 17.9. The third kappa shape index (κ3) is 4.32. The van der Waals surface area contributed by atoms with Gasteiger partial charge >= 0.3 is 0 Å². The summed E-state index contributed by atoms with van der Waals surface area (Å²) in [5, 5.41) is 3.49. The van der Waals surface area contributed by atoms with Crippen LogP contribution in [0.2, 0.25) is 5.02 Å². The fourth-order valence-electron chi connectivity index (χ4n) is 2.25. The molecule has 2 aromatic rings. The standard InChI is InChI=1S/C18H20ClNO4/c1-22-14-6-4-12(15(19)11-14)8-9-20-18(21)13-5-7-16(23-2)17(10-13)24-3/h4-7,10-11H,8-9H2,1-3H3,(H,20,21). The highest BCUT2D eigenvalue weighted by molar-refractivity contribution is 6.31. The highest BCUT2D eigenvalue weighted by Crippen LogP contribution is 2.27. The summed E-state index contributed by atoms with van der Waals surface area (Å²) in [6.45, 7) is 0.471. The van der Waals surface area contributed by atoms with Crippen molar-refractivity contribution in [3.05, 3.63) is 52.5 Å². The molecule has 1 amide bonds. The molecule has 0 saturated carbocycles. The molecule has 0 aliphatic heterocycles. The average molecular weight is 350 g/mol. The fraction of sp³-hybridized carbons (Fsp3) is 0.278. The number of methoxy groups -OCH3 is 3. The third-order valence-electron chi connectivity index (χ3n) is 3.59. The fourth-order valence-corrected chi connectivity index (χ4v) is 2.51. The summed E-state index contributed by atoms with van der Waals surface area (Å²) in [4.78, 5) is 12.2. The van der Waals surface area contributed by atoms with Crippen LogP contribution in [0, 0.1) is 0 Å². The highest BCUT2D eigenvalue weighted by atomic mass is 35.5. The maximum atomic E-state index is 12.2. The van der Waals surface area contributed by atoms with Crippen LogP contribution in [-0.2, 0) is 6.42 Å². The molecular formula is C18H20ClNO4. The van der Waals surface area contributed by atoms with Crippen molar-refractivity contribution < 1.29 is 19.0 Å². The number of benzene rings is 2. The van der Waals surface area contributed by atoms with Crippen LogP contribution in [0.4, 0.5) is 0 Å². The van der Waals surface area contributed by atoms with E-state index in [9.17, 15) is 4.79 Å². The number of nitrogens with one attached hydrogen (secondary N) is 1. The van der Waals surface area contributed by atoms with E-state index in [2.05, 4.69) is 5.32 Å². The molecule has 0 aliphatic carbocycles. The first-order valence-corrected chi connectivity index (χ1v) is 7.79. The van der Waals surface area contributed by atoms with Crippen LogP contribution < -0.4 is 19.5 Å². The van der Waals surface area contributed by atoms with Gasteiger partial charge in [0.05, 0.1) is 21.3 Å². The van der Waals surface area contributed by atoms with Crippen molar-refractivity contribution >= 4 is 17.5 Å². The van der Waals surface area contributed by atoms with Crippen molar-refractivity contribution in [3.8, 4) is 17.2 Å². The average Bonchev–Trinajstić information content (AvgIpc) is 2.62. The van der Waals surface area contributed by atoms with E-state index in [-0.39, 0.29) is 5.91 Å². The van der Waals surface area contributed by atoms with Gasteiger partial charge < -0.3 is 19.5 Å². The second-order valence-electron chi connectivity index (χ2n) is 5.03. The molecule has 0 fully saturated rings. The Morgan fingerprint density at radius 3 is 2.38 bits per heavy atom. The first-order valence-electron chi connectivity index (χ1n) is 7.41.